The molecule has 0 amide bonds. The summed E-state index contributed by atoms with van der Waals surface area (Å²) in [5.74, 6) is -1.00. The molecule has 0 fully saturated rings. The number of rotatable bonds is 4. The number of pyridine rings is 1. The predicted molar refractivity (Wildman–Crippen MR) is 85.8 cm³/mol. The van der Waals surface area contributed by atoms with Crippen LogP contribution in [0, 0.1) is 0 Å². The average Bonchev–Trinajstić information content (AvgIpc) is 2.93. The van der Waals surface area contributed by atoms with E-state index in [1.807, 2.05) is 0 Å². The Morgan fingerprint density at radius 1 is 1.25 bits per heavy atom. The maximum Gasteiger partial charge on any atom is 0.335 e. The number of hydrogen-bond acceptors (Lipinski definition) is 3. The van der Waals surface area contributed by atoms with Crippen molar-refractivity contribution in [1.82, 2.24) is 14.8 Å². The number of carbonyl (C=O) groups is 1. The molecular formula is C17H13F2N3O2. The molecule has 0 spiro atoms. The van der Waals surface area contributed by atoms with Crippen molar-refractivity contribution in [2.75, 3.05) is 0 Å². The van der Waals surface area contributed by atoms with Crippen molar-refractivity contribution in [1.29, 1.82) is 0 Å². The smallest absolute Gasteiger partial charge is 0.335 e. The summed E-state index contributed by atoms with van der Waals surface area (Å²) < 4.78 is 27.1. The molecule has 24 heavy (non-hydrogen) atoms. The van der Waals surface area contributed by atoms with Gasteiger partial charge in [-0.2, -0.15) is 5.10 Å². The van der Waals surface area contributed by atoms with Gasteiger partial charge in [-0.25, -0.2) is 18.6 Å². The van der Waals surface area contributed by atoms with E-state index in [4.69, 9.17) is 5.11 Å². The van der Waals surface area contributed by atoms with Crippen molar-refractivity contribution in [2.45, 2.75) is 6.43 Å². The van der Waals surface area contributed by atoms with E-state index in [9.17, 15) is 13.6 Å². The topological polar surface area (TPSA) is 68.0 Å². The van der Waals surface area contributed by atoms with Gasteiger partial charge in [-0.3, -0.25) is 4.68 Å². The highest BCUT2D eigenvalue weighted by Gasteiger charge is 2.15. The number of alkyl halides is 2. The van der Waals surface area contributed by atoms with Crippen LogP contribution in [0.3, 0.4) is 0 Å². The maximum atomic E-state index is 12.9. The molecule has 3 aromatic rings. The first-order valence-corrected chi connectivity index (χ1v) is 7.08. The zero-order valence-corrected chi connectivity index (χ0v) is 12.6. The standard InChI is InChI=1S/C17H13F2N3O2/c1-22-9-12(15(21-22)16(18)19)3-6-13-5-2-10-8-11(17(23)24)4-7-14(10)20-13/h2-9,16H,1H3,(H,23,24)/b6-3+. The van der Waals surface area contributed by atoms with Crippen LogP contribution in [0.15, 0.2) is 36.5 Å². The van der Waals surface area contributed by atoms with Crippen molar-refractivity contribution in [3.05, 3.63) is 59.0 Å². The third kappa shape index (κ3) is 3.15. The lowest BCUT2D eigenvalue weighted by atomic mass is 10.1. The first kappa shape index (κ1) is 15.8. The summed E-state index contributed by atoms with van der Waals surface area (Å²) in [5, 5.41) is 13.4. The van der Waals surface area contributed by atoms with E-state index < -0.39 is 12.4 Å². The van der Waals surface area contributed by atoms with E-state index in [1.165, 1.54) is 29.1 Å². The molecule has 1 aromatic carbocycles. The fraction of sp³-hybridized carbons (Fsp3) is 0.118. The summed E-state index contributed by atoms with van der Waals surface area (Å²) in [7, 11) is 1.58. The fourth-order valence-electron chi connectivity index (χ4n) is 2.36. The Morgan fingerprint density at radius 3 is 2.75 bits per heavy atom. The second-order valence-corrected chi connectivity index (χ2v) is 5.23. The van der Waals surface area contributed by atoms with E-state index >= 15 is 0 Å². The Kier molecular flexibility index (Phi) is 4.07. The van der Waals surface area contributed by atoms with Crippen LogP contribution >= 0.6 is 0 Å². The molecule has 0 aliphatic rings. The van der Waals surface area contributed by atoms with Gasteiger partial charge in [0.1, 0.15) is 5.69 Å². The molecule has 3 rings (SSSR count). The Balaban J connectivity index is 1.93. The van der Waals surface area contributed by atoms with Gasteiger partial charge in [-0.1, -0.05) is 6.07 Å². The van der Waals surface area contributed by atoms with Crippen LogP contribution in [0.2, 0.25) is 0 Å². The SMILES string of the molecule is Cn1cc(/C=C/c2ccc3cc(C(=O)O)ccc3n2)c(C(F)F)n1. The summed E-state index contributed by atoms with van der Waals surface area (Å²) in [6.45, 7) is 0. The lowest BCUT2D eigenvalue weighted by molar-refractivity contribution is 0.0697. The summed E-state index contributed by atoms with van der Waals surface area (Å²) in [5.41, 5.74) is 1.44. The first-order chi connectivity index (χ1) is 11.4. The maximum absolute atomic E-state index is 12.9. The van der Waals surface area contributed by atoms with Crippen LogP contribution < -0.4 is 0 Å². The molecule has 0 aliphatic heterocycles. The van der Waals surface area contributed by atoms with Crippen LogP contribution in [0.1, 0.15) is 33.7 Å². The van der Waals surface area contributed by atoms with Crippen LogP contribution in [0.4, 0.5) is 8.78 Å². The summed E-state index contributed by atoms with van der Waals surface area (Å²) in [4.78, 5) is 15.3. The van der Waals surface area contributed by atoms with Gasteiger partial charge in [-0.15, -0.1) is 0 Å². The number of halogens is 2. The molecular weight excluding hydrogens is 316 g/mol. The minimum absolute atomic E-state index is 0.185. The van der Waals surface area contributed by atoms with Crippen LogP contribution in [0.5, 0.6) is 0 Å². The Hall–Kier alpha value is -3.09. The second-order valence-electron chi connectivity index (χ2n) is 5.23. The lowest BCUT2D eigenvalue weighted by Crippen LogP contribution is -1.95. The second kappa shape index (κ2) is 6.19. The highest BCUT2D eigenvalue weighted by atomic mass is 19.3. The van der Waals surface area contributed by atoms with E-state index in [-0.39, 0.29) is 11.3 Å². The number of fused-ring (bicyclic) bond motifs is 1. The van der Waals surface area contributed by atoms with Crippen molar-refractivity contribution in [3.63, 3.8) is 0 Å². The third-order valence-corrected chi connectivity index (χ3v) is 3.49. The average molecular weight is 329 g/mol. The minimum Gasteiger partial charge on any atom is -0.478 e. The molecule has 0 radical (unpaired) electrons. The largest absolute Gasteiger partial charge is 0.478 e. The molecule has 0 bridgehead atoms. The van der Waals surface area contributed by atoms with Crippen molar-refractivity contribution < 1.29 is 18.7 Å². The molecule has 122 valence electrons. The molecule has 2 aromatic heterocycles. The summed E-state index contributed by atoms with van der Waals surface area (Å²) in [6, 6.07) is 8.06. The normalized spacial score (nSPS) is 11.7. The van der Waals surface area contributed by atoms with E-state index in [1.54, 1.807) is 31.3 Å². The molecule has 0 unspecified atom stereocenters. The number of nitrogens with zero attached hydrogens (tertiary/aromatic N) is 3. The van der Waals surface area contributed by atoms with Gasteiger partial charge in [0.05, 0.1) is 16.8 Å². The zero-order chi connectivity index (χ0) is 17.3. The molecule has 0 saturated carbocycles. The quantitative estimate of drug-likeness (QED) is 0.791. The predicted octanol–water partition coefficient (Wildman–Crippen LogP) is 3.77. The van der Waals surface area contributed by atoms with Gasteiger partial charge in [0.2, 0.25) is 0 Å². The molecule has 0 aliphatic carbocycles. The highest BCUT2D eigenvalue weighted by molar-refractivity contribution is 5.93. The Labute approximate surface area is 135 Å². The Bertz CT molecular complexity index is 948. The summed E-state index contributed by atoms with van der Waals surface area (Å²) >= 11 is 0. The zero-order valence-electron chi connectivity index (χ0n) is 12.6. The Morgan fingerprint density at radius 2 is 2.04 bits per heavy atom. The number of carboxylic acids is 1. The molecule has 1 N–H and O–H groups in total. The van der Waals surface area contributed by atoms with Crippen LogP contribution in [0.25, 0.3) is 23.1 Å². The van der Waals surface area contributed by atoms with Crippen molar-refractivity contribution >= 4 is 29.0 Å². The number of aromatic nitrogens is 3. The van der Waals surface area contributed by atoms with Crippen LogP contribution in [-0.4, -0.2) is 25.8 Å². The molecule has 0 atom stereocenters. The number of hydrogen-bond donors (Lipinski definition) is 1. The first-order valence-electron chi connectivity index (χ1n) is 7.08. The van der Waals surface area contributed by atoms with Crippen molar-refractivity contribution in [3.8, 4) is 0 Å². The van der Waals surface area contributed by atoms with Crippen LogP contribution in [-0.2, 0) is 7.05 Å². The van der Waals surface area contributed by atoms with E-state index in [2.05, 4.69) is 10.1 Å². The van der Waals surface area contributed by atoms with Gasteiger partial charge in [0.25, 0.3) is 6.43 Å². The summed E-state index contributed by atoms with van der Waals surface area (Å²) in [6.07, 6.45) is 2.02. The molecule has 5 nitrogen and oxygen atoms in total. The molecule has 2 heterocycles. The molecule has 0 saturated heterocycles. The highest BCUT2D eigenvalue weighted by Crippen LogP contribution is 2.23. The van der Waals surface area contributed by atoms with Gasteiger partial charge in [0.15, 0.2) is 0 Å². The lowest BCUT2D eigenvalue weighted by Gasteiger charge is -2.01. The third-order valence-electron chi connectivity index (χ3n) is 3.49. The minimum atomic E-state index is -2.65. The number of carboxylic acid groups (broad SMARTS) is 1. The molecule has 7 heteroatoms. The fourth-order valence-corrected chi connectivity index (χ4v) is 2.36. The van der Waals surface area contributed by atoms with Crippen molar-refractivity contribution in [2.24, 2.45) is 7.05 Å². The van der Waals surface area contributed by atoms with Gasteiger partial charge in [0, 0.05) is 24.2 Å². The number of aryl methyl sites for hydroxylation is 1. The van der Waals surface area contributed by atoms with Gasteiger partial charge in [-0.05, 0) is 36.4 Å². The van der Waals surface area contributed by atoms with Gasteiger partial charge >= 0.3 is 5.97 Å². The van der Waals surface area contributed by atoms with E-state index in [0.29, 0.717) is 22.2 Å². The van der Waals surface area contributed by atoms with E-state index in [0.717, 1.165) is 0 Å². The number of aromatic carboxylic acids is 1. The number of benzene rings is 1. The monoisotopic (exact) mass is 329 g/mol. The van der Waals surface area contributed by atoms with Gasteiger partial charge < -0.3 is 5.11 Å².